The molecule has 184 valence electrons. The monoisotopic (exact) mass is 467 g/mol. The summed E-state index contributed by atoms with van der Waals surface area (Å²) >= 11 is 0. The number of nitrogens with one attached hydrogen (secondary N) is 1. The lowest BCUT2D eigenvalue weighted by Gasteiger charge is -2.49. The van der Waals surface area contributed by atoms with Gasteiger partial charge in [0, 0.05) is 17.9 Å². The first-order valence-electron chi connectivity index (χ1n) is 12.2. The van der Waals surface area contributed by atoms with Crippen LogP contribution < -0.4 is 5.32 Å². The summed E-state index contributed by atoms with van der Waals surface area (Å²) in [6.07, 6.45) is 6.30. The van der Waals surface area contributed by atoms with Crippen LogP contribution in [0.4, 0.5) is 0 Å². The van der Waals surface area contributed by atoms with Crippen molar-refractivity contribution in [3.05, 3.63) is 71.3 Å². The molecule has 8 atom stereocenters. The number of benzene rings is 1. The summed E-state index contributed by atoms with van der Waals surface area (Å²) in [5.41, 5.74) is -0.192. The van der Waals surface area contributed by atoms with Crippen LogP contribution in [0.3, 0.4) is 0 Å². The molecule has 5 N–H and O–H groups in total. The summed E-state index contributed by atoms with van der Waals surface area (Å²) in [6, 6.07) is 9.54. The first kappa shape index (κ1) is 24.9. The van der Waals surface area contributed by atoms with E-state index >= 15 is 0 Å². The number of carbonyl (C=O) groups is 1. The van der Waals surface area contributed by atoms with E-state index in [1.54, 1.807) is 13.0 Å². The molecule has 8 unspecified atom stereocenters. The van der Waals surface area contributed by atoms with Gasteiger partial charge in [-0.05, 0) is 50.2 Å². The molecule has 6 heteroatoms. The van der Waals surface area contributed by atoms with Gasteiger partial charge < -0.3 is 25.7 Å². The molecule has 1 aromatic carbocycles. The van der Waals surface area contributed by atoms with Gasteiger partial charge in [-0.1, -0.05) is 67.1 Å². The minimum Gasteiger partial charge on any atom is -0.392 e. The van der Waals surface area contributed by atoms with Crippen molar-refractivity contribution in [2.45, 2.75) is 63.9 Å². The highest BCUT2D eigenvalue weighted by Gasteiger charge is 2.66. The van der Waals surface area contributed by atoms with Crippen molar-refractivity contribution in [3.63, 3.8) is 0 Å². The zero-order chi connectivity index (χ0) is 24.7. The van der Waals surface area contributed by atoms with Crippen LogP contribution in [-0.4, -0.2) is 56.8 Å². The number of amides is 1. The summed E-state index contributed by atoms with van der Waals surface area (Å²) in [6.45, 7) is 5.28. The molecule has 6 nitrogen and oxygen atoms in total. The van der Waals surface area contributed by atoms with Gasteiger partial charge in [0.25, 0.3) is 0 Å². The zero-order valence-electron chi connectivity index (χ0n) is 20.2. The van der Waals surface area contributed by atoms with Gasteiger partial charge in [0.2, 0.25) is 5.91 Å². The van der Waals surface area contributed by atoms with Crippen molar-refractivity contribution in [2.24, 2.45) is 23.2 Å². The fourth-order valence-corrected chi connectivity index (χ4v) is 6.59. The van der Waals surface area contributed by atoms with Gasteiger partial charge in [0.15, 0.2) is 0 Å². The van der Waals surface area contributed by atoms with Crippen LogP contribution in [0.2, 0.25) is 0 Å². The highest BCUT2D eigenvalue weighted by Crippen LogP contribution is 2.56. The van der Waals surface area contributed by atoms with Crippen molar-refractivity contribution in [2.75, 3.05) is 6.61 Å². The molecule has 0 bridgehead atoms. The maximum Gasteiger partial charge on any atom is 0.230 e. The molecule has 0 radical (unpaired) electrons. The number of hydrogen-bond donors (Lipinski definition) is 5. The highest BCUT2D eigenvalue weighted by atomic mass is 16.3. The Balaban J connectivity index is 1.89. The van der Waals surface area contributed by atoms with Crippen molar-refractivity contribution in [1.29, 1.82) is 0 Å². The zero-order valence-corrected chi connectivity index (χ0v) is 20.2. The molecule has 1 heterocycles. The lowest BCUT2D eigenvalue weighted by Crippen LogP contribution is -2.57. The number of rotatable bonds is 3. The fourth-order valence-electron chi connectivity index (χ4n) is 6.59. The fraction of sp³-hybridized carbons (Fsp3) is 0.536. The van der Waals surface area contributed by atoms with Crippen molar-refractivity contribution < 1.29 is 25.2 Å². The second kappa shape index (κ2) is 9.42. The second-order valence-electron chi connectivity index (χ2n) is 10.7. The third-order valence-electron chi connectivity index (χ3n) is 8.09. The van der Waals surface area contributed by atoms with Gasteiger partial charge in [-0.2, -0.15) is 0 Å². The molecule has 1 aromatic rings. The molecule has 1 fully saturated rings. The molecule has 4 rings (SSSR count). The van der Waals surface area contributed by atoms with E-state index < -0.39 is 35.1 Å². The van der Waals surface area contributed by atoms with Crippen LogP contribution >= 0.6 is 0 Å². The van der Waals surface area contributed by atoms with Crippen molar-refractivity contribution in [3.8, 4) is 0 Å². The Morgan fingerprint density at radius 3 is 2.53 bits per heavy atom. The number of aliphatic hydroxyl groups is 4. The van der Waals surface area contributed by atoms with Gasteiger partial charge in [0.1, 0.15) is 0 Å². The molecule has 1 saturated heterocycles. The summed E-state index contributed by atoms with van der Waals surface area (Å²) in [7, 11) is 0. The predicted octanol–water partition coefficient (Wildman–Crippen LogP) is 2.28. The van der Waals surface area contributed by atoms with E-state index in [-0.39, 0.29) is 24.5 Å². The number of allylic oxidation sites excluding steroid dienone is 1. The Morgan fingerprint density at radius 2 is 1.85 bits per heavy atom. The van der Waals surface area contributed by atoms with E-state index in [1.807, 2.05) is 56.3 Å². The Morgan fingerprint density at radius 1 is 1.15 bits per heavy atom. The Kier molecular flexibility index (Phi) is 6.89. The van der Waals surface area contributed by atoms with Gasteiger partial charge in [-0.15, -0.1) is 0 Å². The molecular formula is C28H37NO5. The van der Waals surface area contributed by atoms with E-state index in [9.17, 15) is 25.2 Å². The van der Waals surface area contributed by atoms with Crippen LogP contribution in [0.15, 0.2) is 65.8 Å². The number of carbonyl (C=O) groups excluding carboxylic acids is 1. The normalized spacial score (nSPS) is 40.4. The van der Waals surface area contributed by atoms with Gasteiger partial charge in [-0.3, -0.25) is 4.79 Å². The van der Waals surface area contributed by atoms with E-state index in [0.717, 1.165) is 11.1 Å². The van der Waals surface area contributed by atoms with Crippen LogP contribution in [0, 0.1) is 23.2 Å². The first-order valence-corrected chi connectivity index (χ1v) is 12.2. The lowest BCUT2D eigenvalue weighted by molar-refractivity contribution is -0.142. The maximum absolute atomic E-state index is 13.8. The van der Waals surface area contributed by atoms with E-state index in [0.29, 0.717) is 24.8 Å². The largest absolute Gasteiger partial charge is 0.392 e. The topological polar surface area (TPSA) is 110 Å². The molecule has 2 aliphatic carbocycles. The Hall–Kier alpha value is -2.25. The van der Waals surface area contributed by atoms with Gasteiger partial charge >= 0.3 is 0 Å². The highest BCUT2D eigenvalue weighted by molar-refractivity contribution is 5.89. The molecule has 1 amide bonds. The summed E-state index contributed by atoms with van der Waals surface area (Å²) in [5, 5.41) is 47.2. The average Bonchev–Trinajstić information content (AvgIpc) is 3.06. The molecule has 1 aliphatic heterocycles. The van der Waals surface area contributed by atoms with E-state index in [4.69, 9.17) is 0 Å². The average molecular weight is 468 g/mol. The molecule has 1 spiro atoms. The van der Waals surface area contributed by atoms with E-state index in [2.05, 4.69) is 5.32 Å². The summed E-state index contributed by atoms with van der Waals surface area (Å²) in [5.74, 6) is -1.31. The van der Waals surface area contributed by atoms with Gasteiger partial charge in [-0.25, -0.2) is 0 Å². The predicted molar refractivity (Wildman–Crippen MR) is 131 cm³/mol. The summed E-state index contributed by atoms with van der Waals surface area (Å²) < 4.78 is 0. The second-order valence-corrected chi connectivity index (χ2v) is 10.7. The lowest BCUT2D eigenvalue weighted by atomic mass is 9.54. The molecule has 0 saturated carbocycles. The molecule has 0 aromatic heterocycles. The quantitative estimate of drug-likeness (QED) is 0.438. The van der Waals surface area contributed by atoms with Crippen LogP contribution in [-0.2, 0) is 11.2 Å². The number of aliphatic hydroxyl groups excluding tert-OH is 3. The molecule has 3 aliphatic rings. The minimum absolute atomic E-state index is 0.163. The van der Waals surface area contributed by atoms with Crippen molar-refractivity contribution in [1.82, 2.24) is 5.32 Å². The molecular weight excluding hydrogens is 430 g/mol. The third-order valence-corrected chi connectivity index (χ3v) is 8.09. The van der Waals surface area contributed by atoms with Gasteiger partial charge in [0.05, 0.1) is 29.8 Å². The minimum atomic E-state index is -1.36. The van der Waals surface area contributed by atoms with Crippen LogP contribution in [0.25, 0.3) is 0 Å². The number of hydrogen-bond acceptors (Lipinski definition) is 5. The SMILES string of the molecule is CC1=C(CO)C(O)C2C=CCC(C)CC(C)(O)C=CC(O)C23C(=O)NC(Cc2ccccc2)C13. The third kappa shape index (κ3) is 4.17. The first-order chi connectivity index (χ1) is 16.1. The Labute approximate surface area is 201 Å². The smallest absolute Gasteiger partial charge is 0.230 e. The van der Waals surface area contributed by atoms with Crippen molar-refractivity contribution >= 4 is 5.91 Å². The Bertz CT molecular complexity index is 997. The van der Waals surface area contributed by atoms with Crippen LogP contribution in [0.1, 0.15) is 39.2 Å². The van der Waals surface area contributed by atoms with E-state index in [1.165, 1.54) is 6.08 Å². The standard InChI is InChI=1S/C28H37NO5/c1-17-8-7-11-21-25(32)20(16-30)18(2)24-22(14-19-9-5-4-6-10-19)29-26(33)28(21,24)23(31)12-13-27(3,34)15-17/h4-7,9-13,17,21-25,30-32,34H,8,14-16H2,1-3H3,(H,29,33). The summed E-state index contributed by atoms with van der Waals surface area (Å²) in [4.78, 5) is 13.8. The maximum atomic E-state index is 13.8. The molecule has 34 heavy (non-hydrogen) atoms. The van der Waals surface area contributed by atoms with Crippen LogP contribution in [0.5, 0.6) is 0 Å².